The van der Waals surface area contributed by atoms with Crippen LogP contribution in [0.3, 0.4) is 0 Å². The molecule has 0 bridgehead atoms. The second kappa shape index (κ2) is 5.96. The van der Waals surface area contributed by atoms with Crippen molar-refractivity contribution in [1.29, 1.82) is 10.5 Å². The average Bonchev–Trinajstić information content (AvgIpc) is 2.23. The second-order valence-electron chi connectivity index (χ2n) is 3.88. The van der Waals surface area contributed by atoms with E-state index in [1.54, 1.807) is 19.1 Å². The van der Waals surface area contributed by atoms with Gasteiger partial charge in [0.05, 0.1) is 12.1 Å². The Morgan fingerprint density at radius 3 is 2.00 bits per heavy atom. The van der Waals surface area contributed by atoms with Crippen LogP contribution in [0.1, 0.15) is 26.2 Å². The van der Waals surface area contributed by atoms with Gasteiger partial charge in [-0.05, 0) is 18.8 Å². The molecule has 0 aromatic carbocycles. The fraction of sp³-hybridized carbons (Fsp3) is 0.800. The highest BCUT2D eigenvalue weighted by molar-refractivity contribution is 6.18. The molecule has 0 spiro atoms. The molecule has 0 rings (SSSR count). The minimum atomic E-state index is -4.34. The number of halogens is 4. The smallest absolute Gasteiger partial charge is 0.197 e. The third kappa shape index (κ3) is 5.23. The maximum Gasteiger partial charge on any atom is 0.389 e. The van der Waals surface area contributed by atoms with Gasteiger partial charge in [0.2, 0.25) is 0 Å². The average molecular weight is 253 g/mol. The predicted molar refractivity (Wildman–Crippen MR) is 53.4 cm³/mol. The number of hydrogen-bond donors (Lipinski definition) is 0. The quantitative estimate of drug-likeness (QED) is 0.702. The molecular weight excluding hydrogens is 241 g/mol. The van der Waals surface area contributed by atoms with E-state index in [1.165, 1.54) is 0 Å². The zero-order valence-corrected chi connectivity index (χ0v) is 9.57. The van der Waals surface area contributed by atoms with Crippen molar-refractivity contribution in [2.75, 3.05) is 5.88 Å². The topological polar surface area (TPSA) is 47.6 Å². The van der Waals surface area contributed by atoms with Crippen LogP contribution in [0.4, 0.5) is 13.2 Å². The van der Waals surface area contributed by atoms with Gasteiger partial charge < -0.3 is 0 Å². The highest BCUT2D eigenvalue weighted by Crippen LogP contribution is 2.35. The van der Waals surface area contributed by atoms with E-state index in [0.717, 1.165) is 0 Å². The highest BCUT2D eigenvalue weighted by atomic mass is 35.5. The zero-order valence-electron chi connectivity index (χ0n) is 8.81. The zero-order chi connectivity index (χ0) is 12.8. The molecule has 0 aromatic heterocycles. The van der Waals surface area contributed by atoms with Crippen LogP contribution in [-0.2, 0) is 0 Å². The number of rotatable bonds is 5. The Bertz CT molecular complexity index is 287. The van der Waals surface area contributed by atoms with Crippen LogP contribution in [0.2, 0.25) is 0 Å². The van der Waals surface area contributed by atoms with Gasteiger partial charge in [-0.15, -0.1) is 11.6 Å². The molecule has 1 unspecified atom stereocenters. The Hall–Kier alpha value is -0.940. The maximum absolute atomic E-state index is 12.0. The SMILES string of the molecule is CC(CCl)CC(C#N)(C#N)CCC(F)(F)F. The first-order valence-electron chi connectivity index (χ1n) is 4.74. The van der Waals surface area contributed by atoms with Gasteiger partial charge >= 0.3 is 6.18 Å². The summed E-state index contributed by atoms with van der Waals surface area (Å²) in [7, 11) is 0. The normalized spacial score (nSPS) is 13.9. The van der Waals surface area contributed by atoms with E-state index in [9.17, 15) is 13.2 Å². The van der Waals surface area contributed by atoms with Crippen LogP contribution in [0.25, 0.3) is 0 Å². The third-order valence-corrected chi connectivity index (χ3v) is 2.75. The summed E-state index contributed by atoms with van der Waals surface area (Å²) in [5.41, 5.74) is -1.58. The summed E-state index contributed by atoms with van der Waals surface area (Å²) in [6.07, 6.45) is -5.89. The molecule has 0 radical (unpaired) electrons. The predicted octanol–water partition coefficient (Wildman–Crippen LogP) is 3.63. The summed E-state index contributed by atoms with van der Waals surface area (Å²) in [6.45, 7) is 1.70. The molecule has 2 nitrogen and oxygen atoms in total. The molecule has 0 aliphatic carbocycles. The lowest BCUT2D eigenvalue weighted by Crippen LogP contribution is -2.23. The monoisotopic (exact) mass is 252 g/mol. The fourth-order valence-electron chi connectivity index (χ4n) is 1.33. The molecule has 90 valence electrons. The molecular formula is C10H12ClF3N2. The summed E-state index contributed by atoms with van der Waals surface area (Å²) in [5.74, 6) is 0.0612. The number of hydrogen-bond acceptors (Lipinski definition) is 2. The second-order valence-corrected chi connectivity index (χ2v) is 4.19. The Morgan fingerprint density at radius 2 is 1.69 bits per heavy atom. The molecule has 0 saturated carbocycles. The first-order valence-corrected chi connectivity index (χ1v) is 5.27. The maximum atomic E-state index is 12.0. The van der Waals surface area contributed by atoms with Gasteiger partial charge in [0.1, 0.15) is 5.41 Å². The summed E-state index contributed by atoms with van der Waals surface area (Å²) < 4.78 is 36.1. The summed E-state index contributed by atoms with van der Waals surface area (Å²) in [6, 6.07) is 3.37. The number of nitrogens with zero attached hydrogens (tertiary/aromatic N) is 2. The van der Waals surface area contributed by atoms with Crippen LogP contribution in [0.15, 0.2) is 0 Å². The molecule has 0 aliphatic heterocycles. The van der Waals surface area contributed by atoms with Crippen LogP contribution in [0.5, 0.6) is 0 Å². The molecule has 1 atom stereocenters. The summed E-state index contributed by atoms with van der Waals surface area (Å²) in [4.78, 5) is 0. The Morgan fingerprint density at radius 1 is 1.19 bits per heavy atom. The lowest BCUT2D eigenvalue weighted by molar-refractivity contribution is -0.138. The van der Waals surface area contributed by atoms with Crippen molar-refractivity contribution in [1.82, 2.24) is 0 Å². The van der Waals surface area contributed by atoms with Crippen molar-refractivity contribution in [3.63, 3.8) is 0 Å². The van der Waals surface area contributed by atoms with Gasteiger partial charge in [-0.1, -0.05) is 6.92 Å². The third-order valence-electron chi connectivity index (χ3n) is 2.22. The molecule has 0 fully saturated rings. The Kier molecular flexibility index (Phi) is 5.61. The Labute approximate surface area is 97.6 Å². The van der Waals surface area contributed by atoms with Gasteiger partial charge in [-0.3, -0.25) is 0 Å². The van der Waals surface area contributed by atoms with E-state index in [4.69, 9.17) is 22.1 Å². The van der Waals surface area contributed by atoms with Crippen LogP contribution in [-0.4, -0.2) is 12.1 Å². The van der Waals surface area contributed by atoms with Gasteiger partial charge in [0.15, 0.2) is 0 Å². The lowest BCUT2D eigenvalue weighted by Gasteiger charge is -2.22. The summed E-state index contributed by atoms with van der Waals surface area (Å²) in [5, 5.41) is 17.7. The molecule has 6 heteroatoms. The van der Waals surface area contributed by atoms with Gasteiger partial charge in [0, 0.05) is 12.3 Å². The van der Waals surface area contributed by atoms with E-state index < -0.39 is 24.4 Å². The lowest BCUT2D eigenvalue weighted by atomic mass is 9.79. The van der Waals surface area contributed by atoms with Crippen molar-refractivity contribution in [2.24, 2.45) is 11.3 Å². The van der Waals surface area contributed by atoms with E-state index >= 15 is 0 Å². The molecule has 0 aromatic rings. The van der Waals surface area contributed by atoms with Crippen molar-refractivity contribution in [3.05, 3.63) is 0 Å². The van der Waals surface area contributed by atoms with Crippen molar-refractivity contribution in [2.45, 2.75) is 32.4 Å². The van der Waals surface area contributed by atoms with E-state index in [0.29, 0.717) is 0 Å². The van der Waals surface area contributed by atoms with Gasteiger partial charge in [-0.25, -0.2) is 0 Å². The van der Waals surface area contributed by atoms with Crippen molar-refractivity contribution in [3.8, 4) is 12.1 Å². The van der Waals surface area contributed by atoms with Gasteiger partial charge in [0.25, 0.3) is 0 Å². The fourth-order valence-corrected chi connectivity index (χ4v) is 1.44. The molecule has 16 heavy (non-hydrogen) atoms. The summed E-state index contributed by atoms with van der Waals surface area (Å²) >= 11 is 5.52. The first-order chi connectivity index (χ1) is 7.28. The molecule has 0 aliphatic rings. The largest absolute Gasteiger partial charge is 0.389 e. The van der Waals surface area contributed by atoms with E-state index in [2.05, 4.69) is 0 Å². The van der Waals surface area contributed by atoms with Gasteiger partial charge in [-0.2, -0.15) is 23.7 Å². The molecule has 0 N–H and O–H groups in total. The number of alkyl halides is 4. The first kappa shape index (κ1) is 15.1. The highest BCUT2D eigenvalue weighted by Gasteiger charge is 2.37. The van der Waals surface area contributed by atoms with Crippen molar-refractivity contribution < 1.29 is 13.2 Å². The molecule has 0 heterocycles. The van der Waals surface area contributed by atoms with Crippen LogP contribution in [0, 0.1) is 34.0 Å². The van der Waals surface area contributed by atoms with Crippen LogP contribution < -0.4 is 0 Å². The van der Waals surface area contributed by atoms with Crippen molar-refractivity contribution >= 4 is 11.6 Å². The number of nitriles is 2. The van der Waals surface area contributed by atoms with Crippen LogP contribution >= 0.6 is 11.6 Å². The molecule has 0 saturated heterocycles. The minimum Gasteiger partial charge on any atom is -0.197 e. The Balaban J connectivity index is 4.61. The molecule has 0 amide bonds. The minimum absolute atomic E-state index is 0.0690. The van der Waals surface area contributed by atoms with E-state index in [1.807, 2.05) is 0 Å². The van der Waals surface area contributed by atoms with E-state index in [-0.39, 0.29) is 18.2 Å². The standard InChI is InChI=1S/C10H12ClF3N2/c1-8(5-11)4-9(6-15,7-16)2-3-10(12,13)14/h8H,2-5H2,1H3.